The van der Waals surface area contributed by atoms with Crippen LogP contribution in [-0.4, -0.2) is 28.0 Å². The Morgan fingerprint density at radius 3 is 2.21 bits per heavy atom. The number of aromatic nitrogens is 3. The molecule has 2 N–H and O–H groups in total. The first-order chi connectivity index (χ1) is 26.3. The third kappa shape index (κ3) is 4.76. The van der Waals surface area contributed by atoms with Crippen molar-refractivity contribution in [3.8, 4) is 45.1 Å². The average molecular weight is 682 g/mol. The number of oxazole rings is 1. The van der Waals surface area contributed by atoms with E-state index in [4.69, 9.17) is 19.4 Å². The van der Waals surface area contributed by atoms with Crippen LogP contribution in [0.2, 0.25) is 0 Å². The number of rotatable bonds is 4. The van der Waals surface area contributed by atoms with E-state index in [1.807, 2.05) is 42.5 Å². The first kappa shape index (κ1) is 29.7. The summed E-state index contributed by atoms with van der Waals surface area (Å²) in [5, 5.41) is 11.5. The number of nitrogens with zero attached hydrogens (tertiary/aromatic N) is 3. The zero-order valence-electron chi connectivity index (χ0n) is 28.6. The van der Waals surface area contributed by atoms with E-state index in [9.17, 15) is 0 Å². The lowest BCUT2D eigenvalue weighted by atomic mass is 9.91. The third-order valence-electron chi connectivity index (χ3n) is 10.5. The fraction of sp³-hybridized carbons (Fsp3) is 0.0426. The van der Waals surface area contributed by atoms with Crippen LogP contribution < -0.4 is 10.6 Å². The lowest BCUT2D eigenvalue weighted by molar-refractivity contribution is 0.620. The summed E-state index contributed by atoms with van der Waals surface area (Å²) in [5.74, 6) is 0.613. The minimum absolute atomic E-state index is 0.613. The topological polar surface area (TPSA) is 75.9 Å². The minimum Gasteiger partial charge on any atom is -0.436 e. The first-order valence-corrected chi connectivity index (χ1v) is 18.0. The van der Waals surface area contributed by atoms with Gasteiger partial charge < -0.3 is 15.1 Å². The highest BCUT2D eigenvalue weighted by atomic mass is 16.3. The van der Waals surface area contributed by atoms with Gasteiger partial charge in [-0.15, -0.1) is 0 Å². The molecule has 6 nitrogen and oxygen atoms in total. The van der Waals surface area contributed by atoms with Crippen molar-refractivity contribution in [1.82, 2.24) is 15.0 Å². The number of anilines is 2. The van der Waals surface area contributed by atoms with Crippen molar-refractivity contribution in [3.05, 3.63) is 151 Å². The van der Waals surface area contributed by atoms with Crippen LogP contribution in [0.25, 0.3) is 101 Å². The summed E-state index contributed by atoms with van der Waals surface area (Å²) in [4.78, 5) is 15.5. The Kier molecular flexibility index (Phi) is 6.58. The van der Waals surface area contributed by atoms with Crippen molar-refractivity contribution in [2.75, 3.05) is 23.7 Å². The van der Waals surface area contributed by atoms with Gasteiger partial charge in [0.1, 0.15) is 5.52 Å². The van der Waals surface area contributed by atoms with Gasteiger partial charge in [0.05, 0.1) is 33.8 Å². The molecule has 0 aliphatic carbocycles. The van der Waals surface area contributed by atoms with E-state index < -0.39 is 0 Å². The van der Waals surface area contributed by atoms with Crippen molar-refractivity contribution in [3.63, 3.8) is 0 Å². The average Bonchev–Trinajstić information content (AvgIpc) is 3.68. The van der Waals surface area contributed by atoms with E-state index >= 15 is 0 Å². The third-order valence-corrected chi connectivity index (χ3v) is 10.5. The number of para-hydroxylation sites is 1. The Labute approximate surface area is 305 Å². The van der Waals surface area contributed by atoms with Gasteiger partial charge in [-0.3, -0.25) is 0 Å². The molecule has 0 unspecified atom stereocenters. The molecule has 0 saturated heterocycles. The van der Waals surface area contributed by atoms with Crippen LogP contribution in [-0.2, 0) is 0 Å². The first-order valence-electron chi connectivity index (χ1n) is 18.0. The summed E-state index contributed by atoms with van der Waals surface area (Å²) in [7, 11) is 0. The number of hydrogen-bond acceptors (Lipinski definition) is 6. The highest BCUT2D eigenvalue weighted by Gasteiger charge is 2.20. The molecule has 0 atom stereocenters. The Bertz CT molecular complexity index is 3000. The second-order valence-electron chi connectivity index (χ2n) is 13.6. The SMILES string of the molecule is C1=Cc2c(-c3ccc4ccc5c(c4n3)NCC=C5)ccc(-c3ccc(-c4nc5ccccc5c5c4ccc4oc(-c6ccccc6)nc45)cc3)c2NC1. The molecular formula is C47H31N5O. The number of fused-ring (bicyclic) bond motifs is 9. The molecule has 6 heteroatoms. The number of pyridine rings is 2. The van der Waals surface area contributed by atoms with Gasteiger partial charge in [-0.25, -0.2) is 15.0 Å². The van der Waals surface area contributed by atoms with E-state index in [1.165, 1.54) is 5.56 Å². The van der Waals surface area contributed by atoms with Crippen molar-refractivity contribution >= 4 is 67.2 Å². The molecule has 3 aromatic heterocycles. The van der Waals surface area contributed by atoms with E-state index in [0.29, 0.717) is 5.89 Å². The van der Waals surface area contributed by atoms with Gasteiger partial charge in [-0.1, -0.05) is 115 Å². The molecular weight excluding hydrogens is 651 g/mol. The van der Waals surface area contributed by atoms with Crippen molar-refractivity contribution in [1.29, 1.82) is 0 Å². The van der Waals surface area contributed by atoms with E-state index in [-0.39, 0.29) is 0 Å². The highest BCUT2D eigenvalue weighted by molar-refractivity contribution is 6.20. The molecule has 6 aromatic carbocycles. The van der Waals surface area contributed by atoms with Crippen LogP contribution in [0.15, 0.2) is 144 Å². The molecule has 0 saturated carbocycles. The second kappa shape index (κ2) is 11.8. The monoisotopic (exact) mass is 681 g/mol. The Morgan fingerprint density at radius 2 is 1.30 bits per heavy atom. The molecule has 11 rings (SSSR count). The van der Waals surface area contributed by atoms with E-state index in [2.05, 4.69) is 120 Å². The maximum absolute atomic E-state index is 6.29. The molecule has 5 heterocycles. The largest absolute Gasteiger partial charge is 0.436 e. The van der Waals surface area contributed by atoms with E-state index in [0.717, 1.165) is 113 Å². The summed E-state index contributed by atoms with van der Waals surface area (Å²) >= 11 is 0. The smallest absolute Gasteiger partial charge is 0.227 e. The maximum Gasteiger partial charge on any atom is 0.227 e. The predicted octanol–water partition coefficient (Wildman–Crippen LogP) is 11.6. The van der Waals surface area contributed by atoms with Crippen molar-refractivity contribution < 1.29 is 4.42 Å². The normalized spacial score (nSPS) is 13.3. The summed E-state index contributed by atoms with van der Waals surface area (Å²) in [5.41, 5.74) is 15.3. The molecule has 0 radical (unpaired) electrons. The summed E-state index contributed by atoms with van der Waals surface area (Å²) in [6.45, 7) is 1.58. The van der Waals surface area contributed by atoms with E-state index in [1.54, 1.807) is 0 Å². The fourth-order valence-electron chi connectivity index (χ4n) is 7.97. The molecule has 9 aromatic rings. The van der Waals surface area contributed by atoms with Gasteiger partial charge >= 0.3 is 0 Å². The fourth-order valence-corrected chi connectivity index (χ4v) is 7.97. The Balaban J connectivity index is 1.01. The van der Waals surface area contributed by atoms with Crippen LogP contribution in [0.3, 0.4) is 0 Å². The Hall–Kier alpha value is -7.05. The highest BCUT2D eigenvalue weighted by Crippen LogP contribution is 2.42. The minimum atomic E-state index is 0.613. The van der Waals surface area contributed by atoms with Gasteiger partial charge in [-0.05, 0) is 47.5 Å². The zero-order valence-corrected chi connectivity index (χ0v) is 28.6. The maximum atomic E-state index is 6.29. The molecule has 2 aliphatic heterocycles. The second-order valence-corrected chi connectivity index (χ2v) is 13.6. The molecule has 250 valence electrons. The quantitative estimate of drug-likeness (QED) is 0.180. The lowest BCUT2D eigenvalue weighted by Gasteiger charge is -2.21. The van der Waals surface area contributed by atoms with Crippen LogP contribution in [0, 0.1) is 0 Å². The van der Waals surface area contributed by atoms with Gasteiger partial charge in [0.15, 0.2) is 5.58 Å². The zero-order chi connectivity index (χ0) is 34.9. The van der Waals surface area contributed by atoms with Crippen LogP contribution >= 0.6 is 0 Å². The summed E-state index contributed by atoms with van der Waals surface area (Å²) < 4.78 is 6.29. The predicted molar refractivity (Wildman–Crippen MR) is 219 cm³/mol. The molecule has 0 amide bonds. The molecule has 2 aliphatic rings. The summed E-state index contributed by atoms with van der Waals surface area (Å²) in [6, 6.07) is 44.3. The van der Waals surface area contributed by atoms with Gasteiger partial charge in [-0.2, -0.15) is 0 Å². The van der Waals surface area contributed by atoms with Gasteiger partial charge in [0.2, 0.25) is 5.89 Å². The number of hydrogen-bond donors (Lipinski definition) is 2. The standard InChI is InChI=1S/C47H31N5O/c1-2-8-32(9-3-1)47-52-46-40(53-47)25-23-37-41(46)36-11-4-5-13-38(36)50-42(37)30-16-14-28(15-17-30)33-21-22-34(35-12-7-27-49-45(33)35)39-24-20-31-19-18-29-10-6-26-48-43(29)44(31)51-39/h1-25,48-49H,26-27H2. The van der Waals surface area contributed by atoms with Crippen LogP contribution in [0.4, 0.5) is 11.4 Å². The van der Waals surface area contributed by atoms with Crippen molar-refractivity contribution in [2.45, 2.75) is 0 Å². The number of nitrogens with one attached hydrogen (secondary N) is 2. The molecule has 53 heavy (non-hydrogen) atoms. The number of benzene rings is 6. The van der Waals surface area contributed by atoms with Crippen LogP contribution in [0.5, 0.6) is 0 Å². The van der Waals surface area contributed by atoms with Gasteiger partial charge in [0.25, 0.3) is 0 Å². The lowest BCUT2D eigenvalue weighted by Crippen LogP contribution is -2.08. The van der Waals surface area contributed by atoms with Crippen LogP contribution in [0.1, 0.15) is 11.1 Å². The molecule has 0 fully saturated rings. The molecule has 0 spiro atoms. The Morgan fingerprint density at radius 1 is 0.528 bits per heavy atom. The van der Waals surface area contributed by atoms with Crippen molar-refractivity contribution in [2.24, 2.45) is 0 Å². The van der Waals surface area contributed by atoms with Gasteiger partial charge in [0, 0.05) is 62.5 Å². The summed E-state index contributed by atoms with van der Waals surface area (Å²) in [6.07, 6.45) is 8.72. The molecule has 0 bridgehead atoms.